The molecule has 0 unspecified atom stereocenters. The maximum Gasteiger partial charge on any atom is 0.312 e. The molecular formula is C19H23IO5. The van der Waals surface area contributed by atoms with Crippen molar-refractivity contribution in [1.29, 1.82) is 0 Å². The molecule has 0 aromatic heterocycles. The Labute approximate surface area is 160 Å². The van der Waals surface area contributed by atoms with Crippen LogP contribution in [0.25, 0.3) is 0 Å². The number of alkyl halides is 1. The summed E-state index contributed by atoms with van der Waals surface area (Å²) in [6.45, 7) is 1.97. The smallest absolute Gasteiger partial charge is 0.312 e. The molecule has 5 nitrogen and oxygen atoms in total. The van der Waals surface area contributed by atoms with Crippen LogP contribution >= 0.6 is 22.6 Å². The summed E-state index contributed by atoms with van der Waals surface area (Å²) >= 11 is 2.43. The molecule has 25 heavy (non-hydrogen) atoms. The molecule has 1 aliphatic heterocycles. The fourth-order valence-electron chi connectivity index (χ4n) is 7.52. The minimum absolute atomic E-state index is 0.0784. The second kappa shape index (κ2) is 4.78. The third-order valence-electron chi connectivity index (χ3n) is 8.35. The highest BCUT2D eigenvalue weighted by molar-refractivity contribution is 14.1. The molecule has 1 saturated heterocycles. The molecule has 1 heterocycles. The van der Waals surface area contributed by atoms with Crippen molar-refractivity contribution in [1.82, 2.24) is 0 Å². The van der Waals surface area contributed by atoms with Crippen LogP contribution in [0, 0.1) is 34.5 Å². The van der Waals surface area contributed by atoms with E-state index in [4.69, 9.17) is 9.47 Å². The van der Waals surface area contributed by atoms with E-state index in [-0.39, 0.29) is 39.0 Å². The molecule has 136 valence electrons. The van der Waals surface area contributed by atoms with E-state index in [1.54, 1.807) is 0 Å². The predicted molar refractivity (Wildman–Crippen MR) is 95.9 cm³/mol. The van der Waals surface area contributed by atoms with Crippen molar-refractivity contribution in [2.75, 3.05) is 7.11 Å². The summed E-state index contributed by atoms with van der Waals surface area (Å²) in [5.41, 5.74) is -1.60. The fraction of sp³-hybridized carbons (Fsp3) is 0.842. The number of methoxy groups -OCH3 is 1. The summed E-state index contributed by atoms with van der Waals surface area (Å²) in [4.78, 5) is 38.5. The highest BCUT2D eigenvalue weighted by Crippen LogP contribution is 2.77. The number of Topliss-reactive ketones (excluding diaryl/α,β-unsaturated/α-hetero) is 1. The van der Waals surface area contributed by atoms with E-state index < -0.39 is 16.9 Å². The van der Waals surface area contributed by atoms with Gasteiger partial charge in [0.1, 0.15) is 11.4 Å². The molecule has 6 heteroatoms. The van der Waals surface area contributed by atoms with Gasteiger partial charge in [-0.2, -0.15) is 0 Å². The number of esters is 2. The van der Waals surface area contributed by atoms with Crippen molar-refractivity contribution < 1.29 is 23.9 Å². The molecule has 4 aliphatic carbocycles. The van der Waals surface area contributed by atoms with Crippen molar-refractivity contribution >= 4 is 40.3 Å². The zero-order valence-corrected chi connectivity index (χ0v) is 16.7. The van der Waals surface area contributed by atoms with Gasteiger partial charge < -0.3 is 9.47 Å². The molecule has 8 atom stereocenters. The van der Waals surface area contributed by atoms with Crippen LogP contribution in [0.15, 0.2) is 0 Å². The Morgan fingerprint density at radius 1 is 1.28 bits per heavy atom. The fourth-order valence-corrected chi connectivity index (χ4v) is 8.78. The van der Waals surface area contributed by atoms with Gasteiger partial charge >= 0.3 is 11.9 Å². The number of halogens is 1. The highest BCUT2D eigenvalue weighted by Gasteiger charge is 2.84. The van der Waals surface area contributed by atoms with Crippen molar-refractivity contribution in [2.24, 2.45) is 34.5 Å². The molecule has 0 amide bonds. The number of carbonyl (C=O) groups is 3. The zero-order valence-electron chi connectivity index (χ0n) is 14.5. The van der Waals surface area contributed by atoms with Crippen LogP contribution in [0.1, 0.15) is 45.4 Å². The number of fused-ring (bicyclic) bond motifs is 1. The molecule has 0 N–H and O–H groups in total. The lowest BCUT2D eigenvalue weighted by atomic mass is 9.60. The van der Waals surface area contributed by atoms with Gasteiger partial charge in [-0.15, -0.1) is 0 Å². The van der Waals surface area contributed by atoms with Crippen LogP contribution < -0.4 is 0 Å². The first kappa shape index (κ1) is 16.5. The molecule has 1 spiro atoms. The monoisotopic (exact) mass is 458 g/mol. The summed E-state index contributed by atoms with van der Waals surface area (Å²) in [7, 11) is 1.42. The molecule has 5 fully saturated rings. The molecule has 4 saturated carbocycles. The predicted octanol–water partition coefficient (Wildman–Crippen LogP) is 2.68. The Morgan fingerprint density at radius 3 is 2.76 bits per heavy atom. The lowest BCUT2D eigenvalue weighted by Crippen LogP contribution is -2.53. The van der Waals surface area contributed by atoms with Crippen LogP contribution in [0.2, 0.25) is 0 Å². The number of ketones is 1. The minimum atomic E-state index is -0.631. The van der Waals surface area contributed by atoms with Gasteiger partial charge in [-0.05, 0) is 44.4 Å². The summed E-state index contributed by atoms with van der Waals surface area (Å²) in [6.07, 6.45) is 4.65. The first-order chi connectivity index (χ1) is 11.8. The third-order valence-corrected chi connectivity index (χ3v) is 9.95. The van der Waals surface area contributed by atoms with E-state index in [1.165, 1.54) is 7.11 Å². The van der Waals surface area contributed by atoms with Gasteiger partial charge in [0.05, 0.1) is 22.4 Å². The van der Waals surface area contributed by atoms with Crippen molar-refractivity contribution in [2.45, 2.75) is 55.0 Å². The van der Waals surface area contributed by atoms with Crippen LogP contribution in [-0.2, 0) is 23.9 Å². The van der Waals surface area contributed by atoms with E-state index in [2.05, 4.69) is 22.6 Å². The number of carbonyl (C=O) groups excluding carboxylic acids is 3. The number of hydrogen-bond acceptors (Lipinski definition) is 5. The van der Waals surface area contributed by atoms with Gasteiger partial charge in [-0.3, -0.25) is 14.4 Å². The molecular weight excluding hydrogens is 435 g/mol. The average Bonchev–Trinajstić information content (AvgIpc) is 3.05. The first-order valence-corrected chi connectivity index (χ1v) is 10.5. The first-order valence-electron chi connectivity index (χ1n) is 9.29. The van der Waals surface area contributed by atoms with Crippen LogP contribution in [0.4, 0.5) is 0 Å². The Morgan fingerprint density at radius 2 is 2.04 bits per heavy atom. The van der Waals surface area contributed by atoms with Gasteiger partial charge in [0.2, 0.25) is 0 Å². The summed E-state index contributed by atoms with van der Waals surface area (Å²) < 4.78 is 11.6. The van der Waals surface area contributed by atoms with Crippen molar-refractivity contribution in [3.63, 3.8) is 0 Å². The van der Waals surface area contributed by atoms with E-state index in [0.717, 1.165) is 32.1 Å². The number of hydrogen-bond donors (Lipinski definition) is 0. The molecule has 0 aromatic carbocycles. The summed E-state index contributed by atoms with van der Waals surface area (Å²) in [5.74, 6) is -0.478. The largest absolute Gasteiger partial charge is 0.469 e. The summed E-state index contributed by atoms with van der Waals surface area (Å²) in [5, 5.41) is 0. The Bertz CT molecular complexity index is 706. The molecule has 0 radical (unpaired) electrons. The standard InChI is InChI=1S/C19H23IO5/c1-17-6-5-12(20)19(25-16(17)23)11-4-3-9-7-18(11,8-10(9)21)13(14(17)19)15(22)24-2/h9,11-14H,3-8H2,1-2H3/t9-,11-,12-,13-,14-,17+,18-,19+/m1/s1. The van der Waals surface area contributed by atoms with E-state index in [0.29, 0.717) is 12.2 Å². The third kappa shape index (κ3) is 1.61. The van der Waals surface area contributed by atoms with Gasteiger partial charge in [0.15, 0.2) is 0 Å². The number of rotatable bonds is 1. The molecule has 5 aliphatic rings. The van der Waals surface area contributed by atoms with Crippen LogP contribution in [-0.4, -0.2) is 34.4 Å². The van der Waals surface area contributed by atoms with Crippen LogP contribution in [0.3, 0.4) is 0 Å². The lowest BCUT2D eigenvalue weighted by Gasteiger charge is -2.46. The lowest BCUT2D eigenvalue weighted by molar-refractivity contribution is -0.160. The average molecular weight is 458 g/mol. The SMILES string of the molecule is COC(=O)[C@H]1[C@H]2[C@]3(OC(=O)[C@@]2(C)CC[C@H]3I)[C@@H]2CC[C@@H]3C[C@@]21CC3=O. The Balaban J connectivity index is 1.76. The maximum atomic E-state index is 13.0. The molecule has 5 rings (SSSR count). The van der Waals surface area contributed by atoms with E-state index in [1.807, 2.05) is 6.92 Å². The minimum Gasteiger partial charge on any atom is -0.469 e. The normalized spacial score (nSPS) is 55.6. The maximum absolute atomic E-state index is 13.0. The number of ether oxygens (including phenoxy) is 2. The second-order valence-electron chi connectivity index (χ2n) is 9.05. The quantitative estimate of drug-likeness (QED) is 0.344. The van der Waals surface area contributed by atoms with E-state index >= 15 is 0 Å². The topological polar surface area (TPSA) is 69.7 Å². The van der Waals surface area contributed by atoms with Crippen molar-refractivity contribution in [3.8, 4) is 0 Å². The van der Waals surface area contributed by atoms with Gasteiger partial charge in [0.25, 0.3) is 0 Å². The van der Waals surface area contributed by atoms with Gasteiger partial charge in [-0.25, -0.2) is 0 Å². The molecule has 0 aromatic rings. The second-order valence-corrected chi connectivity index (χ2v) is 10.6. The highest BCUT2D eigenvalue weighted by atomic mass is 127. The van der Waals surface area contributed by atoms with Gasteiger partial charge in [0, 0.05) is 24.2 Å². The zero-order chi connectivity index (χ0) is 17.8. The van der Waals surface area contributed by atoms with Crippen molar-refractivity contribution in [3.05, 3.63) is 0 Å². The summed E-state index contributed by atoms with van der Waals surface area (Å²) in [6, 6.07) is 0. The molecule has 4 bridgehead atoms. The van der Waals surface area contributed by atoms with E-state index in [9.17, 15) is 14.4 Å². The Kier molecular flexibility index (Phi) is 3.16. The van der Waals surface area contributed by atoms with Gasteiger partial charge in [-0.1, -0.05) is 22.6 Å². The van der Waals surface area contributed by atoms with Crippen LogP contribution in [0.5, 0.6) is 0 Å². The Hall–Kier alpha value is -0.660.